The van der Waals surface area contributed by atoms with Gasteiger partial charge >= 0.3 is 0 Å². The third kappa shape index (κ3) is 4.54. The zero-order valence-corrected chi connectivity index (χ0v) is 15.5. The number of carbonyl (C=O) groups is 1. The summed E-state index contributed by atoms with van der Waals surface area (Å²) in [5.74, 6) is 2.58. The normalized spacial score (nSPS) is 15.1. The lowest BCUT2D eigenvalue weighted by Gasteiger charge is -2.20. The third-order valence-electron chi connectivity index (χ3n) is 4.55. The Hall–Kier alpha value is -2.02. The first-order valence-corrected chi connectivity index (χ1v) is 9.62. The molecule has 1 amide bonds. The third-order valence-corrected chi connectivity index (χ3v) is 5.57. The van der Waals surface area contributed by atoms with Gasteiger partial charge in [0.05, 0.1) is 12.9 Å². The van der Waals surface area contributed by atoms with E-state index < -0.39 is 0 Å². The highest BCUT2D eigenvalue weighted by Gasteiger charge is 2.22. The molecule has 1 heterocycles. The van der Waals surface area contributed by atoms with Gasteiger partial charge in [-0.3, -0.25) is 4.79 Å². The van der Waals surface area contributed by atoms with Crippen LogP contribution in [0.1, 0.15) is 43.8 Å². The summed E-state index contributed by atoms with van der Waals surface area (Å²) >= 11 is 1.42. The minimum Gasteiger partial charge on any atom is -0.497 e. The van der Waals surface area contributed by atoms with Crippen molar-refractivity contribution < 1.29 is 9.53 Å². The van der Waals surface area contributed by atoms with Crippen LogP contribution in [0.2, 0.25) is 0 Å². The van der Waals surface area contributed by atoms with Gasteiger partial charge in [-0.25, -0.2) is 0 Å². The SMILES string of the molecule is COc1ccc(NC(=O)CSc2nnc(C3CCCCC3)n2C)cc1. The van der Waals surface area contributed by atoms with Gasteiger partial charge in [0.2, 0.25) is 5.91 Å². The van der Waals surface area contributed by atoms with Gasteiger partial charge in [-0.1, -0.05) is 31.0 Å². The molecule has 0 radical (unpaired) electrons. The molecular formula is C18H24N4O2S. The average Bonchev–Trinajstić information content (AvgIpc) is 3.02. The van der Waals surface area contributed by atoms with E-state index in [1.165, 1.54) is 43.9 Å². The van der Waals surface area contributed by atoms with Gasteiger partial charge in [0.25, 0.3) is 0 Å². The maximum Gasteiger partial charge on any atom is 0.234 e. The number of hydrogen-bond donors (Lipinski definition) is 1. The van der Waals surface area contributed by atoms with Crippen LogP contribution in [0.15, 0.2) is 29.4 Å². The molecule has 1 N–H and O–H groups in total. The first-order valence-electron chi connectivity index (χ1n) is 8.63. The summed E-state index contributed by atoms with van der Waals surface area (Å²) in [4.78, 5) is 12.1. The number of rotatable bonds is 6. The van der Waals surface area contributed by atoms with Crippen molar-refractivity contribution in [3.05, 3.63) is 30.1 Å². The second-order valence-electron chi connectivity index (χ2n) is 6.30. The summed E-state index contributed by atoms with van der Waals surface area (Å²) in [6.07, 6.45) is 6.24. The van der Waals surface area contributed by atoms with Crippen molar-refractivity contribution in [3.63, 3.8) is 0 Å². The number of ether oxygens (including phenoxy) is 1. The number of methoxy groups -OCH3 is 1. The Balaban J connectivity index is 1.54. The maximum absolute atomic E-state index is 12.1. The molecule has 3 rings (SSSR count). The van der Waals surface area contributed by atoms with Crippen molar-refractivity contribution in [2.45, 2.75) is 43.2 Å². The fourth-order valence-corrected chi connectivity index (χ4v) is 3.89. The molecule has 25 heavy (non-hydrogen) atoms. The second kappa shape index (κ2) is 8.38. The van der Waals surface area contributed by atoms with Crippen molar-refractivity contribution >= 4 is 23.4 Å². The van der Waals surface area contributed by atoms with E-state index in [0.717, 1.165) is 22.4 Å². The largest absolute Gasteiger partial charge is 0.497 e. The molecule has 0 atom stereocenters. The smallest absolute Gasteiger partial charge is 0.234 e. The topological polar surface area (TPSA) is 69.0 Å². The predicted molar refractivity (Wildman–Crippen MR) is 99.2 cm³/mol. The van der Waals surface area contributed by atoms with Crippen LogP contribution in [-0.2, 0) is 11.8 Å². The summed E-state index contributed by atoms with van der Waals surface area (Å²) < 4.78 is 7.15. The highest BCUT2D eigenvalue weighted by molar-refractivity contribution is 7.99. The monoisotopic (exact) mass is 360 g/mol. The van der Waals surface area contributed by atoms with Gasteiger partial charge in [0.15, 0.2) is 5.16 Å². The number of anilines is 1. The molecule has 1 aliphatic rings. The molecule has 0 aliphatic heterocycles. The summed E-state index contributed by atoms with van der Waals surface area (Å²) in [5.41, 5.74) is 0.757. The molecule has 0 bridgehead atoms. The standard InChI is InChI=1S/C18H24N4O2S/c1-22-17(13-6-4-3-5-7-13)20-21-18(22)25-12-16(23)19-14-8-10-15(24-2)11-9-14/h8-11,13H,3-7,12H2,1-2H3,(H,19,23). The molecule has 0 saturated heterocycles. The molecule has 134 valence electrons. The van der Waals surface area contributed by atoms with Crippen LogP contribution in [-0.4, -0.2) is 33.5 Å². The van der Waals surface area contributed by atoms with Crippen molar-refractivity contribution in [1.82, 2.24) is 14.8 Å². The number of thioether (sulfide) groups is 1. The Kier molecular flexibility index (Phi) is 5.96. The van der Waals surface area contributed by atoms with Crippen LogP contribution >= 0.6 is 11.8 Å². The lowest BCUT2D eigenvalue weighted by Crippen LogP contribution is -2.14. The van der Waals surface area contributed by atoms with E-state index in [0.29, 0.717) is 11.7 Å². The molecule has 1 aromatic carbocycles. The van der Waals surface area contributed by atoms with Gasteiger partial charge in [-0.05, 0) is 37.1 Å². The number of hydrogen-bond acceptors (Lipinski definition) is 5. The lowest BCUT2D eigenvalue weighted by molar-refractivity contribution is -0.113. The quantitative estimate of drug-likeness (QED) is 0.797. The Morgan fingerprint density at radius 3 is 2.64 bits per heavy atom. The molecule has 0 unspecified atom stereocenters. The van der Waals surface area contributed by atoms with E-state index >= 15 is 0 Å². The van der Waals surface area contributed by atoms with Crippen LogP contribution in [0.3, 0.4) is 0 Å². The molecule has 1 saturated carbocycles. The number of amides is 1. The van der Waals surface area contributed by atoms with E-state index in [1.54, 1.807) is 7.11 Å². The molecule has 6 nitrogen and oxygen atoms in total. The first kappa shape index (κ1) is 17.8. The van der Waals surface area contributed by atoms with E-state index in [1.807, 2.05) is 35.9 Å². The Labute approximate surface area is 152 Å². The Bertz CT molecular complexity index is 708. The highest BCUT2D eigenvalue weighted by atomic mass is 32.2. The van der Waals surface area contributed by atoms with Crippen LogP contribution in [0.4, 0.5) is 5.69 Å². The van der Waals surface area contributed by atoms with Gasteiger partial charge in [0.1, 0.15) is 11.6 Å². The van der Waals surface area contributed by atoms with Crippen molar-refractivity contribution in [1.29, 1.82) is 0 Å². The van der Waals surface area contributed by atoms with E-state index in [-0.39, 0.29) is 5.91 Å². The molecule has 1 aromatic heterocycles. The van der Waals surface area contributed by atoms with Gasteiger partial charge in [0, 0.05) is 18.7 Å². The van der Waals surface area contributed by atoms with Crippen LogP contribution in [0.25, 0.3) is 0 Å². The highest BCUT2D eigenvalue weighted by Crippen LogP contribution is 2.32. The predicted octanol–water partition coefficient (Wildman–Crippen LogP) is 3.60. The van der Waals surface area contributed by atoms with E-state index in [9.17, 15) is 4.79 Å². The zero-order valence-electron chi connectivity index (χ0n) is 14.7. The summed E-state index contributed by atoms with van der Waals surface area (Å²) in [7, 11) is 3.61. The molecule has 2 aromatic rings. The van der Waals surface area contributed by atoms with E-state index in [4.69, 9.17) is 4.74 Å². The van der Waals surface area contributed by atoms with Crippen molar-refractivity contribution in [2.24, 2.45) is 7.05 Å². The Morgan fingerprint density at radius 1 is 1.24 bits per heavy atom. The Morgan fingerprint density at radius 2 is 1.96 bits per heavy atom. The number of nitrogens with zero attached hydrogens (tertiary/aromatic N) is 3. The van der Waals surface area contributed by atoms with Crippen molar-refractivity contribution in [2.75, 3.05) is 18.2 Å². The molecule has 7 heteroatoms. The van der Waals surface area contributed by atoms with E-state index in [2.05, 4.69) is 15.5 Å². The number of carbonyl (C=O) groups excluding carboxylic acids is 1. The fourth-order valence-electron chi connectivity index (χ4n) is 3.17. The van der Waals surface area contributed by atoms with Gasteiger partial charge in [-0.15, -0.1) is 10.2 Å². The number of aromatic nitrogens is 3. The minimum atomic E-state index is -0.0580. The fraction of sp³-hybridized carbons (Fsp3) is 0.500. The summed E-state index contributed by atoms with van der Waals surface area (Å²) in [5, 5.41) is 12.3. The van der Waals surface area contributed by atoms with Gasteiger partial charge < -0.3 is 14.6 Å². The van der Waals surface area contributed by atoms with Gasteiger partial charge in [-0.2, -0.15) is 0 Å². The molecular weight excluding hydrogens is 336 g/mol. The van der Waals surface area contributed by atoms with Crippen LogP contribution in [0.5, 0.6) is 5.75 Å². The lowest BCUT2D eigenvalue weighted by atomic mass is 9.89. The van der Waals surface area contributed by atoms with Crippen molar-refractivity contribution in [3.8, 4) is 5.75 Å². The molecule has 0 spiro atoms. The first-order chi connectivity index (χ1) is 12.2. The minimum absolute atomic E-state index is 0.0580. The summed E-state index contributed by atoms with van der Waals surface area (Å²) in [6.45, 7) is 0. The zero-order chi connectivity index (χ0) is 17.6. The maximum atomic E-state index is 12.1. The van der Waals surface area contributed by atoms with Crippen LogP contribution in [0, 0.1) is 0 Å². The summed E-state index contributed by atoms with van der Waals surface area (Å²) in [6, 6.07) is 7.29. The van der Waals surface area contributed by atoms with Crippen LogP contribution < -0.4 is 10.1 Å². The molecule has 1 aliphatic carbocycles. The number of nitrogens with one attached hydrogen (secondary N) is 1. The number of benzene rings is 1. The average molecular weight is 360 g/mol. The second-order valence-corrected chi connectivity index (χ2v) is 7.24. The molecule has 1 fully saturated rings.